The lowest BCUT2D eigenvalue weighted by Gasteiger charge is -1.98. The van der Waals surface area contributed by atoms with E-state index in [2.05, 4.69) is 20.9 Å². The van der Waals surface area contributed by atoms with Crippen LogP contribution in [0.15, 0.2) is 0 Å². The first-order chi connectivity index (χ1) is 3.91. The van der Waals surface area contributed by atoms with Gasteiger partial charge in [-0.1, -0.05) is 6.92 Å². The molecule has 0 aliphatic heterocycles. The number of hydrogen-bond acceptors (Lipinski definition) is 2. The molecule has 0 aromatic rings. The zero-order chi connectivity index (χ0) is 6.24. The highest BCUT2D eigenvalue weighted by atomic mass is 31.0. The molecule has 0 aliphatic rings. The number of hydrogen-bond donors (Lipinski definition) is 0. The minimum absolute atomic E-state index is 0.671. The van der Waals surface area contributed by atoms with Gasteiger partial charge in [0, 0.05) is 16.1 Å². The molecule has 8 heavy (non-hydrogen) atoms. The van der Waals surface area contributed by atoms with E-state index < -0.39 is 0 Å². The Morgan fingerprint density at radius 3 is 2.50 bits per heavy atom. The fraction of sp³-hybridized carbons (Fsp3) is 1.00. The molecule has 0 fully saturated rings. The van der Waals surface area contributed by atoms with E-state index in [-0.39, 0.29) is 0 Å². The van der Waals surface area contributed by atoms with Crippen LogP contribution in [0.3, 0.4) is 0 Å². The van der Waals surface area contributed by atoms with Gasteiger partial charge in [-0.3, -0.25) is 0 Å². The van der Waals surface area contributed by atoms with Crippen LogP contribution < -0.4 is 0 Å². The molecule has 1 unspecified atom stereocenters. The molecular weight excluding hydrogens is 123 g/mol. The Hall–Kier alpha value is 0.350. The van der Waals surface area contributed by atoms with Gasteiger partial charge >= 0.3 is 0 Å². The SMILES string of the molecule is CCCOCCOP. The van der Waals surface area contributed by atoms with E-state index in [1.165, 1.54) is 0 Å². The van der Waals surface area contributed by atoms with E-state index in [0.717, 1.165) is 13.0 Å². The van der Waals surface area contributed by atoms with Crippen LogP contribution >= 0.6 is 9.47 Å². The Labute approximate surface area is 52.8 Å². The first-order valence-corrected chi connectivity index (χ1v) is 3.28. The quantitative estimate of drug-likeness (QED) is 0.418. The van der Waals surface area contributed by atoms with Crippen molar-refractivity contribution >= 4 is 9.47 Å². The van der Waals surface area contributed by atoms with E-state index in [1.807, 2.05) is 0 Å². The summed E-state index contributed by atoms with van der Waals surface area (Å²) >= 11 is 0. The minimum Gasteiger partial charge on any atom is -0.379 e. The summed E-state index contributed by atoms with van der Waals surface area (Å²) in [5.74, 6) is 0. The van der Waals surface area contributed by atoms with Crippen molar-refractivity contribution in [2.45, 2.75) is 13.3 Å². The van der Waals surface area contributed by atoms with Crippen molar-refractivity contribution in [3.8, 4) is 0 Å². The highest BCUT2D eigenvalue weighted by Crippen LogP contribution is 1.85. The van der Waals surface area contributed by atoms with Crippen molar-refractivity contribution in [1.29, 1.82) is 0 Å². The average molecular weight is 136 g/mol. The Kier molecular flexibility index (Phi) is 7.67. The zero-order valence-electron chi connectivity index (χ0n) is 5.22. The summed E-state index contributed by atoms with van der Waals surface area (Å²) < 4.78 is 9.76. The van der Waals surface area contributed by atoms with Gasteiger partial charge in [0.1, 0.15) is 0 Å². The second kappa shape index (κ2) is 7.35. The zero-order valence-corrected chi connectivity index (χ0v) is 6.38. The van der Waals surface area contributed by atoms with Crippen LogP contribution in [0.2, 0.25) is 0 Å². The van der Waals surface area contributed by atoms with E-state index >= 15 is 0 Å². The number of rotatable bonds is 5. The molecule has 0 saturated heterocycles. The molecule has 0 spiro atoms. The summed E-state index contributed by atoms with van der Waals surface area (Å²) in [4.78, 5) is 0. The Morgan fingerprint density at radius 2 is 2.00 bits per heavy atom. The highest BCUT2D eigenvalue weighted by molar-refractivity contribution is 7.09. The molecule has 0 aromatic heterocycles. The average Bonchev–Trinajstić information content (AvgIpc) is 1.81. The lowest BCUT2D eigenvalue weighted by molar-refractivity contribution is 0.107. The van der Waals surface area contributed by atoms with Crippen LogP contribution in [-0.4, -0.2) is 19.8 Å². The molecule has 0 heterocycles. The van der Waals surface area contributed by atoms with Crippen molar-refractivity contribution in [1.82, 2.24) is 0 Å². The molecule has 2 nitrogen and oxygen atoms in total. The third-order valence-corrected chi connectivity index (χ3v) is 0.930. The predicted octanol–water partition coefficient (Wildman–Crippen LogP) is 1.22. The van der Waals surface area contributed by atoms with Crippen molar-refractivity contribution in [2.75, 3.05) is 19.8 Å². The summed E-state index contributed by atoms with van der Waals surface area (Å²) in [6.07, 6.45) is 1.08. The van der Waals surface area contributed by atoms with Gasteiger partial charge in [-0.25, -0.2) is 0 Å². The molecule has 0 aliphatic carbocycles. The molecule has 0 rings (SSSR count). The fourth-order valence-electron chi connectivity index (χ4n) is 0.353. The van der Waals surface area contributed by atoms with Crippen LogP contribution in [0.1, 0.15) is 13.3 Å². The van der Waals surface area contributed by atoms with Gasteiger partial charge < -0.3 is 9.26 Å². The van der Waals surface area contributed by atoms with Crippen LogP contribution in [0.5, 0.6) is 0 Å². The molecular formula is C5H13O2P. The minimum atomic E-state index is 0.671. The molecule has 0 N–H and O–H groups in total. The second-order valence-corrected chi connectivity index (χ2v) is 1.82. The molecule has 1 atom stereocenters. The van der Waals surface area contributed by atoms with E-state index in [1.54, 1.807) is 0 Å². The van der Waals surface area contributed by atoms with Crippen LogP contribution in [0.4, 0.5) is 0 Å². The Morgan fingerprint density at radius 1 is 1.25 bits per heavy atom. The van der Waals surface area contributed by atoms with Gasteiger partial charge in [-0.05, 0) is 6.42 Å². The molecule has 0 aromatic carbocycles. The van der Waals surface area contributed by atoms with E-state index in [9.17, 15) is 0 Å². The molecule has 0 bridgehead atoms. The topological polar surface area (TPSA) is 18.5 Å². The third-order valence-electron chi connectivity index (χ3n) is 0.694. The standard InChI is InChI=1S/C5H13O2P/c1-2-3-6-4-5-7-8/h2-5,8H2,1H3. The maximum absolute atomic E-state index is 5.08. The summed E-state index contributed by atoms with van der Waals surface area (Å²) in [6.45, 7) is 4.30. The Balaban J connectivity index is 2.53. The van der Waals surface area contributed by atoms with Crippen molar-refractivity contribution < 1.29 is 9.26 Å². The normalized spacial score (nSPS) is 9.75. The van der Waals surface area contributed by atoms with Gasteiger partial charge in [0.25, 0.3) is 0 Å². The number of ether oxygens (including phenoxy) is 1. The van der Waals surface area contributed by atoms with Gasteiger partial charge in [0.05, 0.1) is 13.2 Å². The van der Waals surface area contributed by atoms with Crippen molar-refractivity contribution in [3.05, 3.63) is 0 Å². The molecule has 0 radical (unpaired) electrons. The van der Waals surface area contributed by atoms with Crippen LogP contribution in [0, 0.1) is 0 Å². The van der Waals surface area contributed by atoms with E-state index in [0.29, 0.717) is 13.2 Å². The monoisotopic (exact) mass is 136 g/mol. The molecule has 0 saturated carbocycles. The van der Waals surface area contributed by atoms with Crippen molar-refractivity contribution in [3.63, 3.8) is 0 Å². The molecule has 0 amide bonds. The summed E-state index contributed by atoms with van der Waals surface area (Å²) in [7, 11) is 2.19. The third kappa shape index (κ3) is 6.35. The maximum atomic E-state index is 5.08. The van der Waals surface area contributed by atoms with Crippen molar-refractivity contribution in [2.24, 2.45) is 0 Å². The predicted molar refractivity (Wildman–Crippen MR) is 36.8 cm³/mol. The largest absolute Gasteiger partial charge is 0.379 e. The van der Waals surface area contributed by atoms with Gasteiger partial charge in [0.15, 0.2) is 0 Å². The van der Waals surface area contributed by atoms with Gasteiger partial charge in [-0.2, -0.15) is 0 Å². The summed E-state index contributed by atoms with van der Waals surface area (Å²) in [5.41, 5.74) is 0. The summed E-state index contributed by atoms with van der Waals surface area (Å²) in [5, 5.41) is 0. The second-order valence-electron chi connectivity index (χ2n) is 1.48. The lowest BCUT2D eigenvalue weighted by atomic mass is 10.5. The van der Waals surface area contributed by atoms with Gasteiger partial charge in [0.2, 0.25) is 0 Å². The Bertz CT molecular complexity index is 35.4. The van der Waals surface area contributed by atoms with Crippen LogP contribution in [-0.2, 0) is 9.26 Å². The fourth-order valence-corrected chi connectivity index (χ4v) is 0.450. The van der Waals surface area contributed by atoms with E-state index in [4.69, 9.17) is 4.74 Å². The molecule has 50 valence electrons. The van der Waals surface area contributed by atoms with Gasteiger partial charge in [-0.15, -0.1) is 0 Å². The highest BCUT2D eigenvalue weighted by Gasteiger charge is 1.81. The summed E-state index contributed by atoms with van der Waals surface area (Å²) in [6, 6.07) is 0. The van der Waals surface area contributed by atoms with Crippen LogP contribution in [0.25, 0.3) is 0 Å². The molecule has 3 heteroatoms. The lowest BCUT2D eigenvalue weighted by Crippen LogP contribution is -1.99. The first kappa shape index (κ1) is 8.35. The first-order valence-electron chi connectivity index (χ1n) is 2.81. The smallest absolute Gasteiger partial charge is 0.0736 e. The maximum Gasteiger partial charge on any atom is 0.0736 e.